The zero-order valence-electron chi connectivity index (χ0n) is 7.23. The van der Waals surface area contributed by atoms with E-state index in [4.69, 9.17) is 5.11 Å². The summed E-state index contributed by atoms with van der Waals surface area (Å²) in [6.07, 6.45) is 1.92. The van der Waals surface area contributed by atoms with Gasteiger partial charge in [-0.3, -0.25) is 0 Å². The third-order valence-electron chi connectivity index (χ3n) is 1.85. The molecule has 0 unspecified atom stereocenters. The molecule has 0 spiro atoms. The molecule has 0 aliphatic rings. The average molecular weight is 256 g/mol. The number of carboxylic acid groups (broad SMARTS) is 1. The maximum Gasteiger partial charge on any atom is 0.417 e. The van der Waals surface area contributed by atoms with Gasteiger partial charge >= 0.3 is 6.09 Å². The molecule has 0 aliphatic carbocycles. The quantitative estimate of drug-likeness (QED) is 0.782. The summed E-state index contributed by atoms with van der Waals surface area (Å²) in [5.41, 5.74) is 1.75. The lowest BCUT2D eigenvalue weighted by Gasteiger charge is -1.95. The number of halogens is 1. The van der Waals surface area contributed by atoms with Crippen molar-refractivity contribution >= 4 is 33.2 Å². The van der Waals surface area contributed by atoms with Crippen LogP contribution in [-0.2, 0) is 0 Å². The van der Waals surface area contributed by atoms with Gasteiger partial charge in [0.1, 0.15) is 10.1 Å². The Bertz CT molecular complexity index is 521. The van der Waals surface area contributed by atoms with Crippen LogP contribution in [-0.4, -0.2) is 25.7 Å². The van der Waals surface area contributed by atoms with Crippen LogP contribution >= 0.6 is 15.9 Å². The molecule has 2 aromatic rings. The second-order valence-electron chi connectivity index (χ2n) is 2.83. The van der Waals surface area contributed by atoms with Crippen LogP contribution in [0.15, 0.2) is 17.0 Å². The largest absolute Gasteiger partial charge is 0.464 e. The van der Waals surface area contributed by atoms with Crippen LogP contribution in [0.2, 0.25) is 0 Å². The Balaban J connectivity index is 2.84. The summed E-state index contributed by atoms with van der Waals surface area (Å²) in [5, 5.41) is 8.85. The van der Waals surface area contributed by atoms with E-state index in [1.165, 1.54) is 12.4 Å². The molecule has 0 atom stereocenters. The van der Waals surface area contributed by atoms with Gasteiger partial charge in [0.05, 0.1) is 6.20 Å². The van der Waals surface area contributed by atoms with Crippen LogP contribution in [0.1, 0.15) is 5.56 Å². The third kappa shape index (κ3) is 1.27. The van der Waals surface area contributed by atoms with Gasteiger partial charge in [0.15, 0.2) is 5.65 Å². The predicted octanol–water partition coefficient (Wildman–Crippen LogP) is 2.03. The maximum atomic E-state index is 10.8. The number of aromatic nitrogens is 3. The summed E-state index contributed by atoms with van der Waals surface area (Å²) in [4.78, 5) is 18.9. The number of aryl methyl sites for hydroxylation is 1. The summed E-state index contributed by atoms with van der Waals surface area (Å²) in [6, 6.07) is 0. The molecule has 2 aromatic heterocycles. The second kappa shape index (κ2) is 3.06. The molecule has 0 aliphatic heterocycles. The van der Waals surface area contributed by atoms with Crippen molar-refractivity contribution in [1.82, 2.24) is 14.5 Å². The Morgan fingerprint density at radius 1 is 1.64 bits per heavy atom. The highest BCUT2D eigenvalue weighted by atomic mass is 79.9. The van der Waals surface area contributed by atoms with Crippen LogP contribution in [0.4, 0.5) is 4.79 Å². The number of fused-ring (bicyclic) bond motifs is 1. The Labute approximate surface area is 87.5 Å². The highest BCUT2D eigenvalue weighted by Gasteiger charge is 2.12. The fourth-order valence-corrected chi connectivity index (χ4v) is 1.54. The van der Waals surface area contributed by atoms with Crippen molar-refractivity contribution in [3.63, 3.8) is 0 Å². The maximum absolute atomic E-state index is 10.8. The molecule has 2 heterocycles. The van der Waals surface area contributed by atoms with Crippen molar-refractivity contribution < 1.29 is 9.90 Å². The summed E-state index contributed by atoms with van der Waals surface area (Å²) < 4.78 is 1.65. The Morgan fingerprint density at radius 3 is 3.00 bits per heavy atom. The number of hydrogen-bond acceptors (Lipinski definition) is 3. The van der Waals surface area contributed by atoms with E-state index in [0.717, 1.165) is 10.1 Å². The minimum Gasteiger partial charge on any atom is -0.464 e. The SMILES string of the molecule is Cc1cn(C(=O)O)c2ncc(Br)nc12. The molecule has 14 heavy (non-hydrogen) atoms. The first kappa shape index (κ1) is 9.14. The van der Waals surface area contributed by atoms with E-state index in [-0.39, 0.29) is 0 Å². The topological polar surface area (TPSA) is 68.0 Å². The van der Waals surface area contributed by atoms with E-state index in [1.807, 2.05) is 0 Å². The average Bonchev–Trinajstić information content (AvgIpc) is 2.44. The molecule has 0 saturated heterocycles. The van der Waals surface area contributed by atoms with E-state index in [0.29, 0.717) is 15.8 Å². The van der Waals surface area contributed by atoms with Gasteiger partial charge in [-0.2, -0.15) is 0 Å². The second-order valence-corrected chi connectivity index (χ2v) is 3.64. The summed E-state index contributed by atoms with van der Waals surface area (Å²) in [5.74, 6) is 0. The van der Waals surface area contributed by atoms with Gasteiger partial charge in [-0.05, 0) is 28.4 Å². The van der Waals surface area contributed by atoms with Gasteiger partial charge < -0.3 is 5.11 Å². The molecular formula is C8H6BrN3O2. The summed E-state index contributed by atoms with van der Waals surface area (Å²) in [6.45, 7) is 1.79. The minimum absolute atomic E-state index is 0.359. The molecule has 1 N–H and O–H groups in total. The first-order chi connectivity index (χ1) is 6.59. The van der Waals surface area contributed by atoms with E-state index in [1.54, 1.807) is 6.92 Å². The molecule has 0 radical (unpaired) electrons. The van der Waals surface area contributed by atoms with E-state index in [2.05, 4.69) is 25.9 Å². The first-order valence-corrected chi connectivity index (χ1v) is 4.62. The lowest BCUT2D eigenvalue weighted by atomic mass is 10.3. The summed E-state index contributed by atoms with van der Waals surface area (Å²) >= 11 is 3.18. The lowest BCUT2D eigenvalue weighted by Crippen LogP contribution is -2.06. The Morgan fingerprint density at radius 2 is 2.36 bits per heavy atom. The molecule has 0 aromatic carbocycles. The van der Waals surface area contributed by atoms with Gasteiger partial charge in [-0.15, -0.1) is 0 Å². The Hall–Kier alpha value is -1.43. The first-order valence-electron chi connectivity index (χ1n) is 3.83. The fourth-order valence-electron chi connectivity index (χ4n) is 1.26. The lowest BCUT2D eigenvalue weighted by molar-refractivity contribution is 0.197. The molecule has 0 saturated carbocycles. The van der Waals surface area contributed by atoms with Gasteiger partial charge in [-0.25, -0.2) is 19.3 Å². The van der Waals surface area contributed by atoms with Crippen LogP contribution in [0.5, 0.6) is 0 Å². The Kier molecular flexibility index (Phi) is 1.99. The normalized spacial score (nSPS) is 10.7. The molecule has 72 valence electrons. The zero-order valence-corrected chi connectivity index (χ0v) is 8.82. The van der Waals surface area contributed by atoms with Crippen molar-refractivity contribution in [1.29, 1.82) is 0 Å². The van der Waals surface area contributed by atoms with Gasteiger partial charge in [0.25, 0.3) is 0 Å². The molecule has 0 amide bonds. The standard InChI is InChI=1S/C8H6BrN3O2/c1-4-3-12(8(13)14)7-6(4)11-5(9)2-10-7/h2-3H,1H3,(H,13,14). The van der Waals surface area contributed by atoms with Crippen molar-refractivity contribution in [2.45, 2.75) is 6.92 Å². The molecule has 0 fully saturated rings. The van der Waals surface area contributed by atoms with E-state index in [9.17, 15) is 4.79 Å². The van der Waals surface area contributed by atoms with Crippen molar-refractivity contribution in [2.24, 2.45) is 0 Å². The number of hydrogen-bond donors (Lipinski definition) is 1. The van der Waals surface area contributed by atoms with Gasteiger partial charge in [-0.1, -0.05) is 0 Å². The molecule has 0 bridgehead atoms. The van der Waals surface area contributed by atoms with Crippen LogP contribution in [0.25, 0.3) is 11.2 Å². The fraction of sp³-hybridized carbons (Fsp3) is 0.125. The van der Waals surface area contributed by atoms with Crippen LogP contribution < -0.4 is 0 Å². The molecule has 6 heteroatoms. The smallest absolute Gasteiger partial charge is 0.417 e. The summed E-state index contributed by atoms with van der Waals surface area (Å²) in [7, 11) is 0. The van der Waals surface area contributed by atoms with E-state index >= 15 is 0 Å². The van der Waals surface area contributed by atoms with Gasteiger partial charge in [0.2, 0.25) is 0 Å². The highest BCUT2D eigenvalue weighted by Crippen LogP contribution is 2.18. The van der Waals surface area contributed by atoms with Crippen LogP contribution in [0, 0.1) is 6.92 Å². The van der Waals surface area contributed by atoms with Crippen LogP contribution in [0.3, 0.4) is 0 Å². The number of nitrogens with zero attached hydrogens (tertiary/aromatic N) is 3. The zero-order chi connectivity index (χ0) is 10.3. The predicted molar refractivity (Wildman–Crippen MR) is 53.4 cm³/mol. The van der Waals surface area contributed by atoms with Crippen molar-refractivity contribution in [3.05, 3.63) is 22.6 Å². The van der Waals surface area contributed by atoms with E-state index < -0.39 is 6.09 Å². The number of rotatable bonds is 0. The van der Waals surface area contributed by atoms with Crippen molar-refractivity contribution in [2.75, 3.05) is 0 Å². The molecular weight excluding hydrogens is 250 g/mol. The number of carbonyl (C=O) groups is 1. The molecule has 5 nitrogen and oxygen atoms in total. The minimum atomic E-state index is -1.06. The highest BCUT2D eigenvalue weighted by molar-refractivity contribution is 9.10. The van der Waals surface area contributed by atoms with Gasteiger partial charge in [0, 0.05) is 6.20 Å². The van der Waals surface area contributed by atoms with Crippen molar-refractivity contribution in [3.8, 4) is 0 Å². The third-order valence-corrected chi connectivity index (χ3v) is 2.24. The monoisotopic (exact) mass is 255 g/mol. The molecule has 2 rings (SSSR count).